The third-order valence-corrected chi connectivity index (χ3v) is 8.51. The van der Waals surface area contributed by atoms with E-state index in [1.165, 1.54) is 19.3 Å². The van der Waals surface area contributed by atoms with Gasteiger partial charge in [-0.05, 0) is 34.9 Å². The SMILES string of the molecule is COc1cc2c3c(c(-c4ccccc4)ccc3c1O)C(=O)C(O[C@@H]1O[C@H](CO)[C@@H](O[C@@H]3O[C@H](CO)[C@@H](O)[C@H](O)[C@H]3O)[C@H](O)[C@H]1O)=C2. The number of allylic oxidation sites excluding steroid dienone is 1. The van der Waals surface area contributed by atoms with Gasteiger partial charge < -0.3 is 64.5 Å². The Labute approximate surface area is 261 Å². The molecule has 6 rings (SSSR count). The number of Topliss-reactive ketones (excluding diaryl/α,β-unsaturated/α-hetero) is 1. The van der Waals surface area contributed by atoms with Crippen molar-refractivity contribution < 1.29 is 69.3 Å². The van der Waals surface area contributed by atoms with Crippen LogP contribution in [0.3, 0.4) is 0 Å². The van der Waals surface area contributed by atoms with E-state index < -0.39 is 80.4 Å². The minimum Gasteiger partial charge on any atom is -0.504 e. The summed E-state index contributed by atoms with van der Waals surface area (Å²) in [6.45, 7) is -1.51. The molecule has 2 heterocycles. The molecule has 2 saturated heterocycles. The number of ether oxygens (including phenoxy) is 5. The lowest BCUT2D eigenvalue weighted by atomic mass is 9.85. The number of aliphatic hydroxyl groups excluding tert-OH is 7. The van der Waals surface area contributed by atoms with Crippen LogP contribution < -0.4 is 4.74 Å². The Kier molecular flexibility index (Phi) is 9.02. The van der Waals surface area contributed by atoms with Crippen LogP contribution in [0.15, 0.2) is 54.3 Å². The van der Waals surface area contributed by atoms with Gasteiger partial charge in [0, 0.05) is 16.3 Å². The molecule has 0 unspecified atom stereocenters. The molecule has 0 saturated carbocycles. The highest BCUT2D eigenvalue weighted by atomic mass is 16.7. The van der Waals surface area contributed by atoms with Gasteiger partial charge in [0.05, 0.1) is 20.3 Å². The molecule has 0 radical (unpaired) electrons. The maximum Gasteiger partial charge on any atom is 0.229 e. The minimum atomic E-state index is -1.87. The second-order valence-corrected chi connectivity index (χ2v) is 11.3. The first kappa shape index (κ1) is 32.3. The number of ketones is 1. The van der Waals surface area contributed by atoms with Crippen LogP contribution in [0.1, 0.15) is 15.9 Å². The van der Waals surface area contributed by atoms with E-state index in [1.54, 1.807) is 12.1 Å². The third-order valence-electron chi connectivity index (χ3n) is 8.51. The average Bonchev–Trinajstić information content (AvgIpc) is 3.07. The molecule has 3 aliphatic rings. The summed E-state index contributed by atoms with van der Waals surface area (Å²) >= 11 is 0. The Balaban J connectivity index is 1.31. The maximum absolute atomic E-state index is 14.1. The molecule has 3 aromatic carbocycles. The van der Waals surface area contributed by atoms with E-state index in [4.69, 9.17) is 23.7 Å². The molecular formula is C32H34O14. The van der Waals surface area contributed by atoms with Crippen LogP contribution in [0.25, 0.3) is 28.0 Å². The third kappa shape index (κ3) is 5.42. The summed E-state index contributed by atoms with van der Waals surface area (Å²) in [5.41, 5.74) is 1.93. The summed E-state index contributed by atoms with van der Waals surface area (Å²) < 4.78 is 27.9. The van der Waals surface area contributed by atoms with Crippen molar-refractivity contribution in [1.82, 2.24) is 0 Å². The van der Waals surface area contributed by atoms with Gasteiger partial charge in [-0.3, -0.25) is 4.79 Å². The van der Waals surface area contributed by atoms with Gasteiger partial charge in [0.15, 0.2) is 23.5 Å². The molecule has 10 atom stereocenters. The van der Waals surface area contributed by atoms with Crippen molar-refractivity contribution in [2.45, 2.75) is 61.4 Å². The van der Waals surface area contributed by atoms with Crippen molar-refractivity contribution in [1.29, 1.82) is 0 Å². The molecule has 0 amide bonds. The Bertz CT molecular complexity index is 1620. The van der Waals surface area contributed by atoms with Crippen LogP contribution in [0.2, 0.25) is 0 Å². The summed E-state index contributed by atoms with van der Waals surface area (Å²) in [5, 5.41) is 83.9. The number of hydrogen-bond donors (Lipinski definition) is 8. The maximum atomic E-state index is 14.1. The van der Waals surface area contributed by atoms with Gasteiger partial charge >= 0.3 is 0 Å². The Morgan fingerprint density at radius 3 is 2.15 bits per heavy atom. The molecule has 0 bridgehead atoms. The van der Waals surface area contributed by atoms with E-state index in [1.807, 2.05) is 30.3 Å². The molecule has 46 heavy (non-hydrogen) atoms. The molecule has 14 heteroatoms. The van der Waals surface area contributed by atoms with Crippen molar-refractivity contribution in [3.8, 4) is 22.6 Å². The smallest absolute Gasteiger partial charge is 0.229 e. The first-order valence-corrected chi connectivity index (χ1v) is 14.5. The number of aromatic hydroxyl groups is 1. The number of phenols is 1. The van der Waals surface area contributed by atoms with Gasteiger partial charge in [0.25, 0.3) is 0 Å². The Morgan fingerprint density at radius 2 is 1.48 bits per heavy atom. The lowest BCUT2D eigenvalue weighted by molar-refractivity contribution is -0.356. The van der Waals surface area contributed by atoms with Crippen LogP contribution in [0.4, 0.5) is 0 Å². The molecule has 0 aromatic heterocycles. The van der Waals surface area contributed by atoms with Crippen LogP contribution in [-0.4, -0.2) is 128 Å². The summed E-state index contributed by atoms with van der Waals surface area (Å²) in [7, 11) is 1.38. The van der Waals surface area contributed by atoms with Crippen molar-refractivity contribution in [2.24, 2.45) is 0 Å². The van der Waals surface area contributed by atoms with E-state index in [0.29, 0.717) is 27.5 Å². The van der Waals surface area contributed by atoms with E-state index in [-0.39, 0.29) is 22.8 Å². The van der Waals surface area contributed by atoms with Gasteiger partial charge in [-0.2, -0.15) is 0 Å². The van der Waals surface area contributed by atoms with E-state index in [0.717, 1.165) is 0 Å². The van der Waals surface area contributed by atoms with Gasteiger partial charge in [0.2, 0.25) is 12.1 Å². The molecule has 8 N–H and O–H groups in total. The highest BCUT2D eigenvalue weighted by Gasteiger charge is 2.51. The number of carbonyl (C=O) groups is 1. The average molecular weight is 643 g/mol. The fraction of sp³-hybridized carbons (Fsp3) is 0.406. The number of aliphatic hydroxyl groups is 7. The summed E-state index contributed by atoms with van der Waals surface area (Å²) in [6.07, 6.45) is -15.2. The number of methoxy groups -OCH3 is 1. The highest BCUT2D eigenvalue weighted by Crippen LogP contribution is 2.45. The predicted molar refractivity (Wildman–Crippen MR) is 157 cm³/mol. The number of rotatable bonds is 8. The number of carbonyl (C=O) groups excluding carboxylic acids is 1. The van der Waals surface area contributed by atoms with Crippen molar-refractivity contribution in [2.75, 3.05) is 20.3 Å². The predicted octanol–water partition coefficient (Wildman–Crippen LogP) is -0.601. The second-order valence-electron chi connectivity index (χ2n) is 11.3. The van der Waals surface area contributed by atoms with Crippen molar-refractivity contribution in [3.63, 3.8) is 0 Å². The molecule has 246 valence electrons. The first-order valence-electron chi connectivity index (χ1n) is 14.5. The fourth-order valence-electron chi connectivity index (χ4n) is 6.07. The van der Waals surface area contributed by atoms with E-state index in [9.17, 15) is 45.6 Å². The van der Waals surface area contributed by atoms with Crippen LogP contribution in [0.5, 0.6) is 11.5 Å². The van der Waals surface area contributed by atoms with Gasteiger partial charge in [-0.25, -0.2) is 0 Å². The molecule has 14 nitrogen and oxygen atoms in total. The van der Waals surface area contributed by atoms with E-state index >= 15 is 0 Å². The quantitative estimate of drug-likeness (QED) is 0.154. The van der Waals surface area contributed by atoms with Crippen LogP contribution in [0, 0.1) is 0 Å². The molecule has 3 aromatic rings. The van der Waals surface area contributed by atoms with Crippen LogP contribution >= 0.6 is 0 Å². The number of phenolic OH excluding ortho intramolecular Hbond substituents is 1. The normalized spacial score (nSPS) is 32.7. The molecule has 1 aliphatic carbocycles. The Hall–Kier alpha value is -3.67. The standard InChI is InChI=1S/C32H34O14/c1-42-17-9-14-10-18(24(36)22-15(13-5-3-2-4-6-13)7-8-16(21(14)22)23(17)35)43-31-29(41)27(39)30(20(12-34)45-31)46-32-28(40)26(38)25(37)19(11-33)44-32/h2-10,19-20,25-35,37-41H,11-12H2,1H3/t19-,20-,25-,26+,27-,28-,29-,30-,31-,32+/m1/s1. The number of benzene rings is 3. The first-order chi connectivity index (χ1) is 22.1. The van der Waals surface area contributed by atoms with Gasteiger partial charge in [-0.15, -0.1) is 0 Å². The molecular weight excluding hydrogens is 608 g/mol. The van der Waals surface area contributed by atoms with Crippen molar-refractivity contribution >= 4 is 22.6 Å². The molecule has 0 spiro atoms. The lowest BCUT2D eigenvalue weighted by Gasteiger charge is -2.46. The Morgan fingerprint density at radius 1 is 0.804 bits per heavy atom. The summed E-state index contributed by atoms with van der Waals surface area (Å²) in [5.74, 6) is -0.889. The highest BCUT2D eigenvalue weighted by molar-refractivity contribution is 6.26. The number of hydrogen-bond acceptors (Lipinski definition) is 14. The zero-order valence-corrected chi connectivity index (χ0v) is 24.4. The molecule has 2 fully saturated rings. The topological polar surface area (TPSA) is 225 Å². The zero-order chi connectivity index (χ0) is 32.9. The summed E-state index contributed by atoms with van der Waals surface area (Å²) in [6, 6.07) is 14.0. The van der Waals surface area contributed by atoms with Crippen molar-refractivity contribution in [3.05, 3.63) is 65.4 Å². The lowest BCUT2D eigenvalue weighted by Crippen LogP contribution is -2.64. The second kappa shape index (κ2) is 12.8. The summed E-state index contributed by atoms with van der Waals surface area (Å²) in [4.78, 5) is 14.1. The molecule has 2 aliphatic heterocycles. The zero-order valence-electron chi connectivity index (χ0n) is 24.4. The fourth-order valence-corrected chi connectivity index (χ4v) is 6.07. The van der Waals surface area contributed by atoms with Crippen LogP contribution in [-0.2, 0) is 18.9 Å². The van der Waals surface area contributed by atoms with Gasteiger partial charge in [-0.1, -0.05) is 36.4 Å². The van der Waals surface area contributed by atoms with E-state index in [2.05, 4.69) is 0 Å². The largest absolute Gasteiger partial charge is 0.504 e. The monoisotopic (exact) mass is 642 g/mol. The minimum absolute atomic E-state index is 0.142. The van der Waals surface area contributed by atoms with Gasteiger partial charge in [0.1, 0.15) is 48.8 Å².